The molecule has 4 aromatic rings. The predicted octanol–water partition coefficient (Wildman–Crippen LogP) is 5.97. The number of carbonyl (C=O) groups excluding carboxylic acids is 2. The molecule has 2 amide bonds. The number of benzene rings is 4. The summed E-state index contributed by atoms with van der Waals surface area (Å²) >= 11 is 0. The third-order valence-corrected chi connectivity index (χ3v) is 9.08. The van der Waals surface area contributed by atoms with Crippen LogP contribution in [-0.4, -0.2) is 45.1 Å². The van der Waals surface area contributed by atoms with Gasteiger partial charge in [0.25, 0.3) is 0 Å². The number of sulfone groups is 1. The molecular formula is C37H43N7O6S. The average Bonchev–Trinajstić information content (AvgIpc) is 3.10. The molecule has 0 saturated heterocycles. The zero-order valence-corrected chi connectivity index (χ0v) is 29.2. The summed E-state index contributed by atoms with van der Waals surface area (Å²) in [4.78, 5) is 32.6. The molecule has 0 bridgehead atoms. The first-order chi connectivity index (χ1) is 24.5. The Balaban J connectivity index is 1.24. The fourth-order valence-electron chi connectivity index (χ4n) is 4.70. The highest BCUT2D eigenvalue weighted by atomic mass is 32.2. The molecule has 4 rings (SSSR count). The number of rotatable bonds is 18. The van der Waals surface area contributed by atoms with Crippen LogP contribution >= 0.6 is 0 Å². The Morgan fingerprint density at radius 1 is 0.569 bits per heavy atom. The van der Waals surface area contributed by atoms with Crippen molar-refractivity contribution in [2.45, 2.75) is 55.2 Å². The van der Waals surface area contributed by atoms with E-state index in [-0.39, 0.29) is 27.6 Å². The second-order valence-corrected chi connectivity index (χ2v) is 13.5. The minimum atomic E-state index is -3.80. The van der Waals surface area contributed by atoms with Crippen molar-refractivity contribution in [2.75, 3.05) is 23.7 Å². The van der Waals surface area contributed by atoms with Gasteiger partial charge in [-0.1, -0.05) is 0 Å². The number of ether oxygens (including phenoxy) is 2. The van der Waals surface area contributed by atoms with Gasteiger partial charge in [-0.05, 0) is 130 Å². The second-order valence-electron chi connectivity index (χ2n) is 11.5. The number of hydrogen-bond donors (Lipinski definition) is 5. The van der Waals surface area contributed by atoms with Crippen molar-refractivity contribution in [2.24, 2.45) is 27.2 Å². The van der Waals surface area contributed by atoms with Crippen LogP contribution in [0.1, 0.15) is 45.4 Å². The van der Waals surface area contributed by atoms with Crippen LogP contribution in [0.2, 0.25) is 0 Å². The van der Waals surface area contributed by atoms with Crippen LogP contribution in [0.3, 0.4) is 0 Å². The van der Waals surface area contributed by atoms with E-state index in [1.165, 1.54) is 24.3 Å². The van der Waals surface area contributed by atoms with E-state index in [0.29, 0.717) is 85.4 Å². The second kappa shape index (κ2) is 18.8. The van der Waals surface area contributed by atoms with E-state index in [1.807, 2.05) is 0 Å². The van der Waals surface area contributed by atoms with Crippen LogP contribution < -0.4 is 37.3 Å². The molecule has 0 heterocycles. The van der Waals surface area contributed by atoms with E-state index in [9.17, 15) is 18.0 Å². The van der Waals surface area contributed by atoms with E-state index < -0.39 is 9.84 Å². The monoisotopic (exact) mass is 713 g/mol. The van der Waals surface area contributed by atoms with Gasteiger partial charge in [-0.3, -0.25) is 19.6 Å². The van der Waals surface area contributed by atoms with E-state index >= 15 is 0 Å². The molecule has 0 fully saturated rings. The largest absolute Gasteiger partial charge is 0.457 e. The maximum absolute atomic E-state index is 13.3. The summed E-state index contributed by atoms with van der Waals surface area (Å²) in [6, 6.07) is 26.0. The van der Waals surface area contributed by atoms with Gasteiger partial charge in [-0.25, -0.2) is 8.42 Å². The van der Waals surface area contributed by atoms with E-state index in [1.54, 1.807) is 79.7 Å². The van der Waals surface area contributed by atoms with Gasteiger partial charge in [0.15, 0.2) is 5.96 Å². The van der Waals surface area contributed by atoms with Gasteiger partial charge < -0.3 is 37.3 Å². The van der Waals surface area contributed by atoms with Crippen molar-refractivity contribution >= 4 is 44.8 Å². The lowest BCUT2D eigenvalue weighted by Gasteiger charge is -2.10. The van der Waals surface area contributed by atoms with Crippen LogP contribution in [0.25, 0.3) is 0 Å². The molecule has 8 N–H and O–H groups in total. The third kappa shape index (κ3) is 12.8. The van der Waals surface area contributed by atoms with Crippen molar-refractivity contribution in [3.8, 4) is 23.0 Å². The SMILES string of the molecule is CC(N)=NCCCCC(=O)Nc1ccc(Oc2ccc(S(=O)(=O)c3ccc(Oc4ccc(NC(=O)CCCCN=C(N)N)cc4)cc3)cc2)cc1. The molecule has 51 heavy (non-hydrogen) atoms. The molecule has 0 radical (unpaired) electrons. The standard InChI is InChI=1S/C37H43N7O6S/c1-26(38)41-24-4-2-6-35(45)43-27-8-12-29(13-9-27)49-31-16-20-33(21-17-31)51(47,48)34-22-18-32(19-23-34)50-30-14-10-28(11-15-30)44-36(46)7-3-5-25-42-37(39)40/h8-23H,2-7,24-25H2,1H3,(H2,38,41)(H,43,45)(H,44,46)(H4,39,40,42). The number of carbonyl (C=O) groups is 2. The highest BCUT2D eigenvalue weighted by Gasteiger charge is 2.18. The zero-order valence-electron chi connectivity index (χ0n) is 28.4. The minimum Gasteiger partial charge on any atom is -0.457 e. The molecular weight excluding hydrogens is 671 g/mol. The Kier molecular flexibility index (Phi) is 13.9. The molecule has 0 aliphatic carbocycles. The fraction of sp³-hybridized carbons (Fsp3) is 0.243. The third-order valence-electron chi connectivity index (χ3n) is 7.30. The molecule has 0 aliphatic heterocycles. The maximum Gasteiger partial charge on any atom is 0.224 e. The molecule has 13 nitrogen and oxygen atoms in total. The topological polar surface area (TPSA) is 214 Å². The quantitative estimate of drug-likeness (QED) is 0.0466. The lowest BCUT2D eigenvalue weighted by molar-refractivity contribution is -0.117. The Labute approximate surface area is 297 Å². The number of nitrogens with one attached hydrogen (secondary N) is 2. The fourth-order valence-corrected chi connectivity index (χ4v) is 5.96. The first-order valence-corrected chi connectivity index (χ1v) is 17.9. The molecule has 0 spiro atoms. The summed E-state index contributed by atoms with van der Waals surface area (Å²) in [7, 11) is -3.80. The molecule has 4 aromatic carbocycles. The number of amides is 2. The van der Waals surface area contributed by atoms with Gasteiger partial charge in [-0.2, -0.15) is 0 Å². The molecule has 268 valence electrons. The number of aliphatic imine (C=N–C) groups is 2. The number of amidine groups is 1. The summed E-state index contributed by atoms with van der Waals surface area (Å²) in [5.74, 6) is 2.32. The van der Waals surface area contributed by atoms with Crippen LogP contribution in [0.15, 0.2) is 117 Å². The first-order valence-electron chi connectivity index (χ1n) is 16.4. The lowest BCUT2D eigenvalue weighted by Crippen LogP contribution is -2.23. The van der Waals surface area contributed by atoms with Crippen molar-refractivity contribution in [3.63, 3.8) is 0 Å². The zero-order chi connectivity index (χ0) is 36.6. The Morgan fingerprint density at radius 3 is 1.27 bits per heavy atom. The number of nitrogens with two attached hydrogens (primary N) is 3. The van der Waals surface area contributed by atoms with E-state index in [0.717, 1.165) is 6.42 Å². The van der Waals surface area contributed by atoms with E-state index in [4.69, 9.17) is 26.7 Å². The summed E-state index contributed by atoms with van der Waals surface area (Å²) in [5, 5.41) is 5.69. The molecule has 0 saturated carbocycles. The predicted molar refractivity (Wildman–Crippen MR) is 199 cm³/mol. The normalized spacial score (nSPS) is 11.4. The minimum absolute atomic E-state index is 0.0365. The summed E-state index contributed by atoms with van der Waals surface area (Å²) < 4.78 is 38.3. The van der Waals surface area contributed by atoms with Gasteiger partial charge in [0.05, 0.1) is 15.6 Å². The summed E-state index contributed by atoms with van der Waals surface area (Å²) in [5.41, 5.74) is 17.4. The first kappa shape index (κ1) is 37.9. The van der Waals surface area contributed by atoms with Crippen molar-refractivity contribution in [3.05, 3.63) is 97.1 Å². The summed E-state index contributed by atoms with van der Waals surface area (Å²) in [6.07, 6.45) is 3.58. The molecule has 0 atom stereocenters. The number of hydrogen-bond acceptors (Lipinski definition) is 8. The molecule has 0 aromatic heterocycles. The lowest BCUT2D eigenvalue weighted by atomic mass is 10.2. The molecule has 0 aliphatic rings. The number of unbranched alkanes of at least 4 members (excludes halogenated alkanes) is 2. The molecule has 0 unspecified atom stereocenters. The maximum atomic E-state index is 13.3. The van der Waals surface area contributed by atoms with Gasteiger partial charge in [0, 0.05) is 37.3 Å². The van der Waals surface area contributed by atoms with Gasteiger partial charge in [0.1, 0.15) is 23.0 Å². The average molecular weight is 714 g/mol. The van der Waals surface area contributed by atoms with Crippen molar-refractivity contribution < 1.29 is 27.5 Å². The van der Waals surface area contributed by atoms with Crippen molar-refractivity contribution in [1.82, 2.24) is 0 Å². The number of anilines is 2. The molecule has 14 heteroatoms. The van der Waals surface area contributed by atoms with Crippen LogP contribution in [-0.2, 0) is 19.4 Å². The van der Waals surface area contributed by atoms with Gasteiger partial charge >= 0.3 is 0 Å². The van der Waals surface area contributed by atoms with E-state index in [2.05, 4.69) is 20.6 Å². The number of nitrogens with zero attached hydrogens (tertiary/aromatic N) is 2. The number of guanidine groups is 1. The van der Waals surface area contributed by atoms with Gasteiger partial charge in [-0.15, -0.1) is 0 Å². The van der Waals surface area contributed by atoms with Crippen LogP contribution in [0.4, 0.5) is 11.4 Å². The summed E-state index contributed by atoms with van der Waals surface area (Å²) in [6.45, 7) is 2.82. The highest BCUT2D eigenvalue weighted by molar-refractivity contribution is 7.91. The van der Waals surface area contributed by atoms with Crippen LogP contribution in [0.5, 0.6) is 23.0 Å². The Hall–Kier alpha value is -5.89. The smallest absolute Gasteiger partial charge is 0.224 e. The van der Waals surface area contributed by atoms with Crippen molar-refractivity contribution in [1.29, 1.82) is 0 Å². The Bertz CT molecular complexity index is 1770. The Morgan fingerprint density at radius 2 is 0.922 bits per heavy atom. The van der Waals surface area contributed by atoms with Gasteiger partial charge in [0.2, 0.25) is 21.7 Å². The van der Waals surface area contributed by atoms with Crippen LogP contribution in [0, 0.1) is 0 Å². The highest BCUT2D eigenvalue weighted by Crippen LogP contribution is 2.29.